The van der Waals surface area contributed by atoms with E-state index >= 15 is 0 Å². The molecule has 1 N–H and O–H groups in total. The lowest BCUT2D eigenvalue weighted by atomic mass is 10.1. The Balaban J connectivity index is 2.14. The molecule has 0 amide bonds. The van der Waals surface area contributed by atoms with E-state index in [1.54, 1.807) is 24.3 Å². The van der Waals surface area contributed by atoms with Crippen molar-refractivity contribution in [3.05, 3.63) is 63.6 Å². The van der Waals surface area contributed by atoms with Crippen LogP contribution in [-0.4, -0.2) is 0 Å². The van der Waals surface area contributed by atoms with Gasteiger partial charge in [-0.2, -0.15) is 18.4 Å². The van der Waals surface area contributed by atoms with Crippen molar-refractivity contribution in [1.82, 2.24) is 0 Å². The number of benzene rings is 2. The summed E-state index contributed by atoms with van der Waals surface area (Å²) in [6.45, 7) is 0.367. The summed E-state index contributed by atoms with van der Waals surface area (Å²) in [6, 6.07) is 12.3. The van der Waals surface area contributed by atoms with Gasteiger partial charge in [-0.3, -0.25) is 0 Å². The van der Waals surface area contributed by atoms with Gasteiger partial charge in [0.15, 0.2) is 0 Å². The molecular weight excluding hydrogens is 345 g/mol. The van der Waals surface area contributed by atoms with E-state index in [1.165, 1.54) is 6.07 Å². The molecule has 2 aromatic carbocycles. The molecule has 6 heteroatoms. The summed E-state index contributed by atoms with van der Waals surface area (Å²) in [7, 11) is 0. The summed E-state index contributed by atoms with van der Waals surface area (Å²) < 4.78 is 38.6. The van der Waals surface area contributed by atoms with Crippen LogP contribution in [0.25, 0.3) is 0 Å². The highest BCUT2D eigenvalue weighted by Gasteiger charge is 2.30. The molecule has 0 aromatic heterocycles. The number of nitrogens with one attached hydrogen (secondary N) is 1. The topological polar surface area (TPSA) is 35.8 Å². The van der Waals surface area contributed by atoms with Crippen LogP contribution in [0.15, 0.2) is 46.9 Å². The Morgan fingerprint density at radius 2 is 1.76 bits per heavy atom. The average molecular weight is 355 g/mol. The molecule has 0 saturated carbocycles. The average Bonchev–Trinajstić information content (AvgIpc) is 2.45. The molecule has 2 aromatic rings. The third kappa shape index (κ3) is 3.99. The number of hydrogen-bond donors (Lipinski definition) is 1. The summed E-state index contributed by atoms with van der Waals surface area (Å²) in [5.74, 6) is 0. The van der Waals surface area contributed by atoms with E-state index in [0.29, 0.717) is 22.3 Å². The van der Waals surface area contributed by atoms with Gasteiger partial charge >= 0.3 is 6.18 Å². The molecular formula is C15H10BrF3N2. The second kappa shape index (κ2) is 6.19. The van der Waals surface area contributed by atoms with Crippen LogP contribution < -0.4 is 5.32 Å². The van der Waals surface area contributed by atoms with Gasteiger partial charge in [0.2, 0.25) is 0 Å². The molecule has 0 radical (unpaired) electrons. The SMILES string of the molecule is N#Cc1ccc(CNc2cc(C(F)(F)F)ccc2Br)cc1. The Morgan fingerprint density at radius 3 is 2.33 bits per heavy atom. The van der Waals surface area contributed by atoms with E-state index < -0.39 is 11.7 Å². The Labute approximate surface area is 128 Å². The first-order valence-corrected chi connectivity index (χ1v) is 6.79. The molecule has 0 aliphatic rings. The maximum Gasteiger partial charge on any atom is 0.416 e. The van der Waals surface area contributed by atoms with Gasteiger partial charge in [-0.15, -0.1) is 0 Å². The van der Waals surface area contributed by atoms with Gasteiger partial charge in [-0.1, -0.05) is 12.1 Å². The van der Waals surface area contributed by atoms with E-state index in [0.717, 1.165) is 17.7 Å². The van der Waals surface area contributed by atoms with Gasteiger partial charge in [0.05, 0.1) is 17.2 Å². The van der Waals surface area contributed by atoms with Crippen molar-refractivity contribution in [2.75, 3.05) is 5.32 Å². The maximum absolute atomic E-state index is 12.7. The van der Waals surface area contributed by atoms with Gasteiger partial charge in [-0.05, 0) is 51.8 Å². The highest BCUT2D eigenvalue weighted by molar-refractivity contribution is 9.10. The third-order valence-electron chi connectivity index (χ3n) is 2.86. The first-order valence-electron chi connectivity index (χ1n) is 6.00. The standard InChI is InChI=1S/C15H10BrF3N2/c16-13-6-5-12(15(17,18)19)7-14(13)21-9-11-3-1-10(8-20)2-4-11/h1-7,21H,9H2. The first-order chi connectivity index (χ1) is 9.90. The van der Waals surface area contributed by atoms with Crippen LogP contribution in [0.1, 0.15) is 16.7 Å². The smallest absolute Gasteiger partial charge is 0.380 e. The predicted octanol–water partition coefficient (Wildman–Crippen LogP) is 4.95. The zero-order valence-electron chi connectivity index (χ0n) is 10.7. The molecule has 0 bridgehead atoms. The van der Waals surface area contributed by atoms with Crippen molar-refractivity contribution in [3.63, 3.8) is 0 Å². The molecule has 0 aliphatic heterocycles. The largest absolute Gasteiger partial charge is 0.416 e. The number of halogens is 4. The Kier molecular flexibility index (Phi) is 4.53. The summed E-state index contributed by atoms with van der Waals surface area (Å²) in [6.07, 6.45) is -4.37. The van der Waals surface area contributed by atoms with Crippen molar-refractivity contribution < 1.29 is 13.2 Å². The fraction of sp³-hybridized carbons (Fsp3) is 0.133. The molecule has 0 spiro atoms. The van der Waals surface area contributed by atoms with Crippen molar-refractivity contribution in [2.45, 2.75) is 12.7 Å². The molecule has 0 fully saturated rings. The number of rotatable bonds is 3. The molecule has 108 valence electrons. The summed E-state index contributed by atoms with van der Waals surface area (Å²) in [5.41, 5.74) is 1.08. The first kappa shape index (κ1) is 15.4. The molecule has 2 rings (SSSR count). The number of nitrogens with zero attached hydrogens (tertiary/aromatic N) is 1. The van der Waals surface area contributed by atoms with Crippen LogP contribution >= 0.6 is 15.9 Å². The second-order valence-electron chi connectivity index (χ2n) is 4.35. The van der Waals surface area contributed by atoms with Gasteiger partial charge in [0, 0.05) is 16.7 Å². The normalized spacial score (nSPS) is 11.0. The second-order valence-corrected chi connectivity index (χ2v) is 5.21. The minimum absolute atomic E-state index is 0.367. The van der Waals surface area contributed by atoms with Crippen LogP contribution in [0.2, 0.25) is 0 Å². The number of anilines is 1. The monoisotopic (exact) mass is 354 g/mol. The molecule has 0 saturated heterocycles. The van der Waals surface area contributed by atoms with Crippen LogP contribution in [-0.2, 0) is 12.7 Å². The molecule has 0 aliphatic carbocycles. The number of nitriles is 1. The van der Waals surface area contributed by atoms with E-state index in [2.05, 4.69) is 21.2 Å². The highest BCUT2D eigenvalue weighted by atomic mass is 79.9. The molecule has 0 atom stereocenters. The quantitative estimate of drug-likeness (QED) is 0.846. The third-order valence-corrected chi connectivity index (χ3v) is 3.55. The maximum atomic E-state index is 12.7. The van der Waals surface area contributed by atoms with Crippen molar-refractivity contribution in [1.29, 1.82) is 5.26 Å². The Hall–Kier alpha value is -2.00. The lowest BCUT2D eigenvalue weighted by Crippen LogP contribution is -2.07. The highest BCUT2D eigenvalue weighted by Crippen LogP contribution is 2.34. The molecule has 0 heterocycles. The summed E-state index contributed by atoms with van der Waals surface area (Å²) >= 11 is 3.22. The van der Waals surface area contributed by atoms with Crippen molar-refractivity contribution in [3.8, 4) is 6.07 Å². The lowest BCUT2D eigenvalue weighted by molar-refractivity contribution is -0.137. The van der Waals surface area contributed by atoms with E-state index in [9.17, 15) is 13.2 Å². The zero-order chi connectivity index (χ0) is 15.5. The van der Waals surface area contributed by atoms with Gasteiger partial charge in [0.25, 0.3) is 0 Å². The van der Waals surface area contributed by atoms with E-state index in [-0.39, 0.29) is 0 Å². The summed E-state index contributed by atoms with van der Waals surface area (Å²) in [4.78, 5) is 0. The predicted molar refractivity (Wildman–Crippen MR) is 77.6 cm³/mol. The van der Waals surface area contributed by atoms with Gasteiger partial charge < -0.3 is 5.32 Å². The van der Waals surface area contributed by atoms with Gasteiger partial charge in [-0.25, -0.2) is 0 Å². The van der Waals surface area contributed by atoms with Crippen LogP contribution in [0, 0.1) is 11.3 Å². The molecule has 0 unspecified atom stereocenters. The summed E-state index contributed by atoms with van der Waals surface area (Å²) in [5, 5.41) is 11.7. The van der Waals surface area contributed by atoms with E-state index in [1.807, 2.05) is 6.07 Å². The van der Waals surface area contributed by atoms with Crippen LogP contribution in [0.4, 0.5) is 18.9 Å². The minimum atomic E-state index is -4.37. The fourth-order valence-electron chi connectivity index (χ4n) is 1.73. The Morgan fingerprint density at radius 1 is 1.10 bits per heavy atom. The lowest BCUT2D eigenvalue weighted by Gasteiger charge is -2.12. The van der Waals surface area contributed by atoms with E-state index in [4.69, 9.17) is 5.26 Å². The molecule has 2 nitrogen and oxygen atoms in total. The van der Waals surface area contributed by atoms with Gasteiger partial charge in [0.1, 0.15) is 0 Å². The van der Waals surface area contributed by atoms with Crippen molar-refractivity contribution in [2.24, 2.45) is 0 Å². The number of alkyl halides is 3. The Bertz CT molecular complexity index is 673. The van der Waals surface area contributed by atoms with Crippen LogP contribution in [0.3, 0.4) is 0 Å². The minimum Gasteiger partial charge on any atom is -0.380 e. The van der Waals surface area contributed by atoms with Crippen molar-refractivity contribution >= 4 is 21.6 Å². The zero-order valence-corrected chi connectivity index (χ0v) is 12.3. The molecule has 21 heavy (non-hydrogen) atoms. The number of hydrogen-bond acceptors (Lipinski definition) is 2. The fourth-order valence-corrected chi connectivity index (χ4v) is 2.12. The van der Waals surface area contributed by atoms with Crippen LogP contribution in [0.5, 0.6) is 0 Å².